The minimum Gasteiger partial charge on any atom is -0.365 e. The zero-order valence-electron chi connectivity index (χ0n) is 11.8. The fourth-order valence-electron chi connectivity index (χ4n) is 2.65. The van der Waals surface area contributed by atoms with E-state index in [0.29, 0.717) is 13.2 Å². The van der Waals surface area contributed by atoms with Crippen LogP contribution in [0.25, 0.3) is 0 Å². The molecular formula is C13H16F3N3O2S. The van der Waals surface area contributed by atoms with Crippen LogP contribution in [0.1, 0.15) is 18.5 Å². The van der Waals surface area contributed by atoms with E-state index in [1.165, 1.54) is 0 Å². The highest BCUT2D eigenvalue weighted by molar-refractivity contribution is 7.13. The second-order valence-electron chi connectivity index (χ2n) is 5.35. The lowest BCUT2D eigenvalue weighted by molar-refractivity contribution is -0.143. The lowest BCUT2D eigenvalue weighted by atomic mass is 10.2. The van der Waals surface area contributed by atoms with Crippen molar-refractivity contribution in [2.75, 3.05) is 37.7 Å². The number of rotatable bonds is 2. The number of halogens is 3. The number of amides is 1. The number of ether oxygens (including phenoxy) is 1. The molecule has 0 N–H and O–H groups in total. The Morgan fingerprint density at radius 1 is 1.32 bits per heavy atom. The molecule has 2 saturated heterocycles. The monoisotopic (exact) mass is 335 g/mol. The van der Waals surface area contributed by atoms with Crippen molar-refractivity contribution in [3.05, 3.63) is 11.1 Å². The highest BCUT2D eigenvalue weighted by Gasteiger charge is 2.36. The Morgan fingerprint density at radius 3 is 2.68 bits per heavy atom. The number of thiazole rings is 1. The number of nitrogens with zero attached hydrogens (tertiary/aromatic N) is 3. The predicted octanol–water partition coefficient (Wildman–Crippen LogP) is 1.99. The molecule has 0 aliphatic carbocycles. The number of aromatic nitrogens is 1. The van der Waals surface area contributed by atoms with Crippen LogP contribution < -0.4 is 4.90 Å². The zero-order chi connectivity index (χ0) is 15.7. The molecule has 2 fully saturated rings. The van der Waals surface area contributed by atoms with Gasteiger partial charge in [-0.3, -0.25) is 4.79 Å². The first kappa shape index (κ1) is 15.5. The highest BCUT2D eigenvalue weighted by Crippen LogP contribution is 2.33. The van der Waals surface area contributed by atoms with Crippen LogP contribution in [0, 0.1) is 0 Å². The van der Waals surface area contributed by atoms with Crippen molar-refractivity contribution in [1.82, 2.24) is 9.88 Å². The summed E-state index contributed by atoms with van der Waals surface area (Å²) in [4.78, 5) is 19.4. The largest absolute Gasteiger partial charge is 0.434 e. The minimum absolute atomic E-state index is 0.0743. The van der Waals surface area contributed by atoms with Crippen molar-refractivity contribution < 1.29 is 22.7 Å². The molecule has 2 aliphatic rings. The summed E-state index contributed by atoms with van der Waals surface area (Å²) in [5, 5.41) is 1.29. The predicted molar refractivity (Wildman–Crippen MR) is 74.9 cm³/mol. The quantitative estimate of drug-likeness (QED) is 0.829. The fourth-order valence-corrected chi connectivity index (χ4v) is 3.52. The van der Waals surface area contributed by atoms with Crippen LogP contribution in [0.4, 0.5) is 18.3 Å². The maximum atomic E-state index is 12.6. The summed E-state index contributed by atoms with van der Waals surface area (Å²) in [5.74, 6) is -0.0743. The van der Waals surface area contributed by atoms with Gasteiger partial charge in [0.25, 0.3) is 5.91 Å². The number of carbonyl (C=O) groups is 1. The summed E-state index contributed by atoms with van der Waals surface area (Å²) in [6.45, 7) is 2.46. The second-order valence-corrected chi connectivity index (χ2v) is 6.19. The van der Waals surface area contributed by atoms with Gasteiger partial charge in [-0.1, -0.05) is 0 Å². The fraction of sp³-hybridized carbons (Fsp3) is 0.692. The molecule has 9 heteroatoms. The van der Waals surface area contributed by atoms with Crippen LogP contribution in [0.3, 0.4) is 0 Å². The summed E-state index contributed by atoms with van der Waals surface area (Å²) < 4.78 is 43.4. The molecule has 1 atom stereocenters. The van der Waals surface area contributed by atoms with E-state index in [0.717, 1.165) is 42.6 Å². The van der Waals surface area contributed by atoms with E-state index < -0.39 is 18.0 Å². The molecule has 0 saturated carbocycles. The molecule has 2 aliphatic heterocycles. The molecule has 0 radical (unpaired) electrons. The standard InChI is InChI=1S/C13H16F3N3O2S/c14-13(15,16)10-8-22-12(17-10)19-5-6-21-9(7-19)11(20)18-3-1-2-4-18/h8-9H,1-7H2. The molecule has 22 heavy (non-hydrogen) atoms. The molecule has 0 bridgehead atoms. The first-order valence-electron chi connectivity index (χ1n) is 7.13. The third-order valence-electron chi connectivity index (χ3n) is 3.81. The zero-order valence-corrected chi connectivity index (χ0v) is 12.6. The van der Waals surface area contributed by atoms with Crippen molar-refractivity contribution in [3.63, 3.8) is 0 Å². The third-order valence-corrected chi connectivity index (χ3v) is 4.71. The molecule has 122 valence electrons. The Hall–Kier alpha value is -1.35. The third kappa shape index (κ3) is 3.19. The topological polar surface area (TPSA) is 45.7 Å². The Morgan fingerprint density at radius 2 is 2.05 bits per heavy atom. The van der Waals surface area contributed by atoms with Gasteiger partial charge in [0, 0.05) is 25.0 Å². The number of alkyl halides is 3. The molecule has 5 nitrogen and oxygen atoms in total. The van der Waals surface area contributed by atoms with Crippen LogP contribution in [0.15, 0.2) is 5.38 Å². The molecular weight excluding hydrogens is 319 g/mol. The smallest absolute Gasteiger partial charge is 0.365 e. The molecule has 1 amide bonds. The SMILES string of the molecule is O=C(C1CN(c2nc(C(F)(F)F)cs2)CCO1)N1CCCC1. The van der Waals surface area contributed by atoms with E-state index >= 15 is 0 Å². The van der Waals surface area contributed by atoms with Crippen molar-refractivity contribution in [2.45, 2.75) is 25.1 Å². The number of likely N-dealkylation sites (tertiary alicyclic amines) is 1. The maximum absolute atomic E-state index is 12.6. The number of hydrogen-bond acceptors (Lipinski definition) is 5. The van der Waals surface area contributed by atoms with Gasteiger partial charge in [-0.15, -0.1) is 11.3 Å². The highest BCUT2D eigenvalue weighted by atomic mass is 32.1. The van der Waals surface area contributed by atoms with Gasteiger partial charge in [-0.05, 0) is 12.8 Å². The van der Waals surface area contributed by atoms with Gasteiger partial charge in [0.1, 0.15) is 0 Å². The van der Waals surface area contributed by atoms with Crippen molar-refractivity contribution in [1.29, 1.82) is 0 Å². The first-order chi connectivity index (χ1) is 10.4. The molecule has 0 aromatic carbocycles. The molecule has 0 spiro atoms. The van der Waals surface area contributed by atoms with Crippen molar-refractivity contribution in [3.8, 4) is 0 Å². The van der Waals surface area contributed by atoms with E-state index in [1.807, 2.05) is 0 Å². The van der Waals surface area contributed by atoms with Gasteiger partial charge in [0.15, 0.2) is 16.9 Å². The van der Waals surface area contributed by atoms with E-state index in [2.05, 4.69) is 4.98 Å². The van der Waals surface area contributed by atoms with Crippen LogP contribution in [0.2, 0.25) is 0 Å². The Kier molecular flexibility index (Phi) is 4.26. The normalized spacial score (nSPS) is 23.1. The van der Waals surface area contributed by atoms with E-state index in [4.69, 9.17) is 4.74 Å². The molecule has 1 aromatic heterocycles. The maximum Gasteiger partial charge on any atom is 0.434 e. The number of morpholine rings is 1. The summed E-state index contributed by atoms with van der Waals surface area (Å²) in [6, 6.07) is 0. The average Bonchev–Trinajstić information content (AvgIpc) is 3.17. The number of anilines is 1. The second kappa shape index (κ2) is 6.04. The van der Waals surface area contributed by atoms with E-state index in [-0.39, 0.29) is 17.6 Å². The minimum atomic E-state index is -4.44. The van der Waals surface area contributed by atoms with E-state index in [9.17, 15) is 18.0 Å². The van der Waals surface area contributed by atoms with Crippen LogP contribution in [0.5, 0.6) is 0 Å². The Balaban J connectivity index is 1.67. The summed E-state index contributed by atoms with van der Waals surface area (Å²) in [7, 11) is 0. The van der Waals surface area contributed by atoms with Gasteiger partial charge in [0.05, 0.1) is 13.2 Å². The molecule has 1 unspecified atom stereocenters. The van der Waals surface area contributed by atoms with Gasteiger partial charge in [0.2, 0.25) is 0 Å². The summed E-state index contributed by atoms with van der Waals surface area (Å²) in [5.41, 5.74) is -0.888. The first-order valence-corrected chi connectivity index (χ1v) is 8.01. The number of carbonyl (C=O) groups excluding carboxylic acids is 1. The Bertz CT molecular complexity index is 543. The van der Waals surface area contributed by atoms with Gasteiger partial charge in [-0.25, -0.2) is 4.98 Å². The van der Waals surface area contributed by atoms with Crippen LogP contribution in [-0.2, 0) is 15.7 Å². The van der Waals surface area contributed by atoms with Gasteiger partial charge in [-0.2, -0.15) is 13.2 Å². The lowest BCUT2D eigenvalue weighted by Crippen LogP contribution is -2.50. The summed E-state index contributed by atoms with van der Waals surface area (Å²) >= 11 is 0.943. The molecule has 1 aromatic rings. The lowest BCUT2D eigenvalue weighted by Gasteiger charge is -2.33. The van der Waals surface area contributed by atoms with Crippen LogP contribution in [-0.4, -0.2) is 54.7 Å². The average molecular weight is 335 g/mol. The Labute approximate surface area is 129 Å². The molecule has 3 rings (SSSR count). The number of hydrogen-bond donors (Lipinski definition) is 0. The van der Waals surface area contributed by atoms with Crippen LogP contribution >= 0.6 is 11.3 Å². The molecule has 3 heterocycles. The van der Waals surface area contributed by atoms with Crippen molar-refractivity contribution >= 4 is 22.4 Å². The van der Waals surface area contributed by atoms with Crippen molar-refractivity contribution in [2.24, 2.45) is 0 Å². The van der Waals surface area contributed by atoms with E-state index in [1.54, 1.807) is 9.80 Å². The summed E-state index contributed by atoms with van der Waals surface area (Å²) in [6.07, 6.45) is -3.08. The van der Waals surface area contributed by atoms with Gasteiger partial charge < -0.3 is 14.5 Å². The van der Waals surface area contributed by atoms with Gasteiger partial charge >= 0.3 is 6.18 Å².